The van der Waals surface area contributed by atoms with Crippen molar-refractivity contribution >= 4 is 44.6 Å². The van der Waals surface area contributed by atoms with E-state index in [0.717, 1.165) is 50.2 Å². The third-order valence-electron chi connectivity index (χ3n) is 8.63. The molecule has 0 fully saturated rings. The molecule has 0 saturated heterocycles. The quantitative estimate of drug-likeness (QED) is 0.231. The molecule has 4 heterocycles. The molecule has 9 rings (SSSR count). The minimum atomic E-state index is 0.0140. The molecule has 208 valence electrons. The standard InChI is InChI=1S/C39H27N5/c1-2-10-30(11-3-1)44-34-15-7-6-14-33(34)40-38(44)29-23-19-27(20-24-29)26-17-21-28(22-18-26)36-31-12-4-5-13-32(31)37-39(42-36)43-25-9-8-16-35(43)41-37/h1-25,38,40H. The van der Waals surface area contributed by atoms with E-state index in [1.807, 2.05) is 24.4 Å². The summed E-state index contributed by atoms with van der Waals surface area (Å²) in [4.78, 5) is 12.4. The summed E-state index contributed by atoms with van der Waals surface area (Å²) in [5.74, 6) is 0. The van der Waals surface area contributed by atoms with Gasteiger partial charge in [0.05, 0.1) is 17.1 Å². The van der Waals surface area contributed by atoms with Gasteiger partial charge in [0.25, 0.3) is 0 Å². The van der Waals surface area contributed by atoms with Crippen molar-refractivity contribution in [3.05, 3.63) is 157 Å². The van der Waals surface area contributed by atoms with Gasteiger partial charge in [-0.15, -0.1) is 0 Å². The van der Waals surface area contributed by atoms with Gasteiger partial charge in [-0.1, -0.05) is 109 Å². The Bertz CT molecular complexity index is 2310. The van der Waals surface area contributed by atoms with E-state index in [4.69, 9.17) is 9.97 Å². The van der Waals surface area contributed by atoms with Crippen LogP contribution in [0.5, 0.6) is 0 Å². The predicted octanol–water partition coefficient (Wildman–Crippen LogP) is 9.63. The van der Waals surface area contributed by atoms with Gasteiger partial charge < -0.3 is 10.2 Å². The number of nitrogens with zero attached hydrogens (tertiary/aromatic N) is 4. The van der Waals surface area contributed by atoms with E-state index in [1.54, 1.807) is 0 Å². The first-order chi connectivity index (χ1) is 21.8. The molecule has 8 aromatic rings. The molecule has 0 bridgehead atoms. The zero-order valence-electron chi connectivity index (χ0n) is 23.8. The summed E-state index contributed by atoms with van der Waals surface area (Å²) < 4.78 is 2.07. The number of rotatable bonds is 4. The molecule has 0 aliphatic carbocycles. The van der Waals surface area contributed by atoms with Gasteiger partial charge in [0.1, 0.15) is 17.3 Å². The molecule has 1 unspecified atom stereocenters. The van der Waals surface area contributed by atoms with Crippen LogP contribution in [-0.2, 0) is 0 Å². The van der Waals surface area contributed by atoms with E-state index in [1.165, 1.54) is 22.4 Å². The van der Waals surface area contributed by atoms with Crippen molar-refractivity contribution in [2.45, 2.75) is 6.17 Å². The highest BCUT2D eigenvalue weighted by Gasteiger charge is 2.30. The van der Waals surface area contributed by atoms with Crippen molar-refractivity contribution in [2.24, 2.45) is 0 Å². The zero-order valence-corrected chi connectivity index (χ0v) is 23.8. The Kier molecular flexibility index (Phi) is 5.50. The van der Waals surface area contributed by atoms with E-state index in [9.17, 15) is 0 Å². The Morgan fingerprint density at radius 3 is 2.02 bits per heavy atom. The van der Waals surface area contributed by atoms with Gasteiger partial charge in [0, 0.05) is 28.2 Å². The fourth-order valence-corrected chi connectivity index (χ4v) is 6.50. The summed E-state index contributed by atoms with van der Waals surface area (Å²) in [6.07, 6.45) is 2.04. The van der Waals surface area contributed by atoms with Gasteiger partial charge in [0.15, 0.2) is 5.65 Å². The molecular weight excluding hydrogens is 538 g/mol. The minimum absolute atomic E-state index is 0.0140. The van der Waals surface area contributed by atoms with E-state index in [0.29, 0.717) is 0 Å². The van der Waals surface area contributed by atoms with E-state index in [-0.39, 0.29) is 6.17 Å². The Morgan fingerprint density at radius 1 is 0.545 bits per heavy atom. The smallest absolute Gasteiger partial charge is 0.165 e. The van der Waals surface area contributed by atoms with E-state index in [2.05, 4.69) is 142 Å². The molecule has 1 atom stereocenters. The highest BCUT2D eigenvalue weighted by molar-refractivity contribution is 6.09. The predicted molar refractivity (Wildman–Crippen MR) is 180 cm³/mol. The maximum atomic E-state index is 5.16. The van der Waals surface area contributed by atoms with Crippen LogP contribution in [0.25, 0.3) is 50.0 Å². The van der Waals surface area contributed by atoms with Crippen LogP contribution in [-0.4, -0.2) is 14.4 Å². The maximum absolute atomic E-state index is 5.16. The van der Waals surface area contributed by atoms with Crippen LogP contribution >= 0.6 is 0 Å². The number of aromatic nitrogens is 3. The van der Waals surface area contributed by atoms with Gasteiger partial charge >= 0.3 is 0 Å². The second-order valence-electron chi connectivity index (χ2n) is 11.2. The minimum Gasteiger partial charge on any atom is -0.359 e. The van der Waals surface area contributed by atoms with Crippen molar-refractivity contribution in [2.75, 3.05) is 10.2 Å². The van der Waals surface area contributed by atoms with Crippen molar-refractivity contribution in [1.82, 2.24) is 14.4 Å². The van der Waals surface area contributed by atoms with Crippen LogP contribution in [0.4, 0.5) is 17.1 Å². The molecule has 1 N–H and O–H groups in total. The van der Waals surface area contributed by atoms with Crippen molar-refractivity contribution < 1.29 is 0 Å². The summed E-state index contributed by atoms with van der Waals surface area (Å²) in [5.41, 5.74) is 11.8. The van der Waals surface area contributed by atoms with Gasteiger partial charge in [0.2, 0.25) is 0 Å². The summed E-state index contributed by atoms with van der Waals surface area (Å²) in [6, 6.07) is 51.2. The molecular formula is C39H27N5. The number of nitrogens with one attached hydrogen (secondary N) is 1. The summed E-state index contributed by atoms with van der Waals surface area (Å²) >= 11 is 0. The van der Waals surface area contributed by atoms with Crippen LogP contribution in [0.2, 0.25) is 0 Å². The Labute approximate surface area is 254 Å². The molecule has 1 aliphatic heterocycles. The number of pyridine rings is 2. The van der Waals surface area contributed by atoms with Crippen molar-refractivity contribution in [3.8, 4) is 22.4 Å². The summed E-state index contributed by atoms with van der Waals surface area (Å²) in [7, 11) is 0. The second-order valence-corrected chi connectivity index (χ2v) is 11.2. The average Bonchev–Trinajstić information content (AvgIpc) is 3.68. The fraction of sp³-hybridized carbons (Fsp3) is 0.0256. The molecule has 0 spiro atoms. The van der Waals surface area contributed by atoms with Crippen molar-refractivity contribution in [1.29, 1.82) is 0 Å². The monoisotopic (exact) mass is 565 g/mol. The third-order valence-corrected chi connectivity index (χ3v) is 8.63. The first-order valence-corrected chi connectivity index (χ1v) is 14.9. The molecule has 5 aromatic carbocycles. The average molecular weight is 566 g/mol. The molecule has 5 nitrogen and oxygen atoms in total. The summed E-state index contributed by atoms with van der Waals surface area (Å²) in [6.45, 7) is 0. The lowest BCUT2D eigenvalue weighted by Gasteiger charge is -2.27. The lowest BCUT2D eigenvalue weighted by atomic mass is 9.98. The number of benzene rings is 5. The number of imidazole rings is 1. The Hall–Kier alpha value is -5.94. The first-order valence-electron chi connectivity index (χ1n) is 14.9. The number of hydrogen-bond acceptors (Lipinski definition) is 4. The first kappa shape index (κ1) is 24.6. The fourth-order valence-electron chi connectivity index (χ4n) is 6.50. The number of fused-ring (bicyclic) bond motifs is 6. The lowest BCUT2D eigenvalue weighted by molar-refractivity contribution is 0.828. The Morgan fingerprint density at radius 2 is 1.20 bits per heavy atom. The molecule has 1 aliphatic rings. The zero-order chi connectivity index (χ0) is 29.0. The Balaban J connectivity index is 1.06. The molecule has 0 radical (unpaired) electrons. The topological polar surface area (TPSA) is 45.5 Å². The van der Waals surface area contributed by atoms with Gasteiger partial charge in [-0.2, -0.15) is 0 Å². The van der Waals surface area contributed by atoms with Crippen LogP contribution in [0.3, 0.4) is 0 Å². The highest BCUT2D eigenvalue weighted by Crippen LogP contribution is 2.46. The van der Waals surface area contributed by atoms with Crippen LogP contribution in [0, 0.1) is 0 Å². The van der Waals surface area contributed by atoms with Crippen LogP contribution in [0.1, 0.15) is 11.7 Å². The second kappa shape index (κ2) is 9.82. The van der Waals surface area contributed by atoms with E-state index < -0.39 is 0 Å². The molecule has 3 aromatic heterocycles. The van der Waals surface area contributed by atoms with Gasteiger partial charge in [-0.25, -0.2) is 9.97 Å². The van der Waals surface area contributed by atoms with Crippen molar-refractivity contribution in [3.63, 3.8) is 0 Å². The molecule has 0 saturated carbocycles. The normalized spacial score (nSPS) is 14.3. The van der Waals surface area contributed by atoms with Crippen LogP contribution in [0.15, 0.2) is 152 Å². The molecule has 0 amide bonds. The largest absolute Gasteiger partial charge is 0.359 e. The molecule has 5 heteroatoms. The van der Waals surface area contributed by atoms with E-state index >= 15 is 0 Å². The maximum Gasteiger partial charge on any atom is 0.165 e. The van der Waals surface area contributed by atoms with Gasteiger partial charge in [-0.05, 0) is 53.1 Å². The number of para-hydroxylation sites is 3. The third kappa shape index (κ3) is 3.87. The molecule has 44 heavy (non-hydrogen) atoms. The SMILES string of the molecule is c1ccc(N2c3ccccc3NC2c2ccc(-c3ccc(-c4nc5c(nc6ccccn65)c5ccccc45)cc3)cc2)cc1. The highest BCUT2D eigenvalue weighted by atomic mass is 15.3. The van der Waals surface area contributed by atoms with Gasteiger partial charge in [-0.3, -0.25) is 4.40 Å². The number of anilines is 3. The lowest BCUT2D eigenvalue weighted by Crippen LogP contribution is -2.23. The van der Waals surface area contributed by atoms with Crippen LogP contribution < -0.4 is 10.2 Å². The number of hydrogen-bond donors (Lipinski definition) is 1. The summed E-state index contributed by atoms with van der Waals surface area (Å²) in [5, 5.41) is 5.95.